The number of anilines is 1. The summed E-state index contributed by atoms with van der Waals surface area (Å²) in [4.78, 5) is 30.5. The number of amides is 2. The van der Waals surface area contributed by atoms with Crippen molar-refractivity contribution in [1.29, 1.82) is 0 Å². The van der Waals surface area contributed by atoms with Crippen LogP contribution in [0.4, 0.5) is 5.69 Å². The van der Waals surface area contributed by atoms with E-state index in [1.807, 2.05) is 43.5 Å². The third-order valence-electron chi connectivity index (χ3n) is 4.96. The molecule has 0 saturated heterocycles. The van der Waals surface area contributed by atoms with Gasteiger partial charge in [-0.1, -0.05) is 29.8 Å². The largest absolute Gasteiger partial charge is 0.342 e. The quantitative estimate of drug-likeness (QED) is 0.404. The van der Waals surface area contributed by atoms with Gasteiger partial charge in [0.15, 0.2) is 0 Å². The molecule has 2 N–H and O–H groups in total. The molecule has 0 fully saturated rings. The monoisotopic (exact) mass is 452 g/mol. The number of aryl methyl sites for hydroxylation is 1. The summed E-state index contributed by atoms with van der Waals surface area (Å²) in [6.45, 7) is 4.70. The molecule has 8 heteroatoms. The molecule has 31 heavy (non-hydrogen) atoms. The van der Waals surface area contributed by atoms with Crippen LogP contribution < -0.4 is 10.6 Å². The number of benzene rings is 2. The second-order valence-corrected chi connectivity index (χ2v) is 8.38. The lowest BCUT2D eigenvalue weighted by Crippen LogP contribution is -2.28. The third-order valence-corrected chi connectivity index (χ3v) is 6.16. The summed E-state index contributed by atoms with van der Waals surface area (Å²) in [5.41, 5.74) is 2.72. The minimum atomic E-state index is -0.306. The van der Waals surface area contributed by atoms with Crippen molar-refractivity contribution in [2.45, 2.75) is 26.4 Å². The highest BCUT2D eigenvalue weighted by molar-refractivity contribution is 7.12. The highest BCUT2D eigenvalue weighted by Crippen LogP contribution is 2.25. The summed E-state index contributed by atoms with van der Waals surface area (Å²) in [5.74, 6) is 0.252. The van der Waals surface area contributed by atoms with Crippen LogP contribution in [-0.4, -0.2) is 21.4 Å². The topological polar surface area (TPSA) is 76.0 Å². The van der Waals surface area contributed by atoms with E-state index in [4.69, 9.17) is 16.6 Å². The fourth-order valence-electron chi connectivity index (χ4n) is 3.46. The van der Waals surface area contributed by atoms with Crippen molar-refractivity contribution < 1.29 is 9.59 Å². The molecule has 2 heterocycles. The number of carbonyl (C=O) groups is 2. The van der Waals surface area contributed by atoms with Crippen LogP contribution in [0.1, 0.15) is 45.7 Å². The van der Waals surface area contributed by atoms with Gasteiger partial charge in [-0.3, -0.25) is 9.59 Å². The van der Waals surface area contributed by atoms with E-state index in [1.54, 1.807) is 30.3 Å². The SMILES string of the molecule is CCn1c(C(C)NC(=O)c2ccc(Cl)c(NC(=O)c3cccs3)c2)nc2ccccc21. The zero-order valence-corrected chi connectivity index (χ0v) is 18.6. The van der Waals surface area contributed by atoms with E-state index in [0.717, 1.165) is 23.4 Å². The van der Waals surface area contributed by atoms with Gasteiger partial charge in [-0.05, 0) is 55.6 Å². The maximum absolute atomic E-state index is 12.9. The molecule has 2 aromatic heterocycles. The Hall–Kier alpha value is -3.16. The Balaban J connectivity index is 1.54. The molecule has 0 bridgehead atoms. The summed E-state index contributed by atoms with van der Waals surface area (Å²) in [5, 5.41) is 7.96. The first-order chi connectivity index (χ1) is 15.0. The van der Waals surface area contributed by atoms with Crippen molar-refractivity contribution in [3.8, 4) is 0 Å². The van der Waals surface area contributed by atoms with Gasteiger partial charge in [-0.15, -0.1) is 11.3 Å². The molecule has 2 aromatic carbocycles. The number of thiophene rings is 1. The number of rotatable bonds is 6. The van der Waals surface area contributed by atoms with Crippen molar-refractivity contribution in [1.82, 2.24) is 14.9 Å². The first-order valence-electron chi connectivity index (χ1n) is 9.88. The summed E-state index contributed by atoms with van der Waals surface area (Å²) in [6.07, 6.45) is 0. The Kier molecular flexibility index (Phi) is 6.06. The van der Waals surface area contributed by atoms with Crippen molar-refractivity contribution in [2.75, 3.05) is 5.32 Å². The minimum absolute atomic E-state index is 0.264. The highest BCUT2D eigenvalue weighted by Gasteiger charge is 2.19. The molecule has 6 nitrogen and oxygen atoms in total. The van der Waals surface area contributed by atoms with Crippen LogP contribution in [-0.2, 0) is 6.54 Å². The maximum atomic E-state index is 12.9. The molecular weight excluding hydrogens is 432 g/mol. The van der Waals surface area contributed by atoms with Crippen LogP contribution in [0.25, 0.3) is 11.0 Å². The molecule has 0 saturated carbocycles. The highest BCUT2D eigenvalue weighted by atomic mass is 35.5. The lowest BCUT2D eigenvalue weighted by molar-refractivity contribution is 0.0936. The zero-order chi connectivity index (χ0) is 22.0. The number of hydrogen-bond donors (Lipinski definition) is 2. The van der Waals surface area contributed by atoms with Crippen molar-refractivity contribution in [3.63, 3.8) is 0 Å². The van der Waals surface area contributed by atoms with E-state index in [-0.39, 0.29) is 17.9 Å². The smallest absolute Gasteiger partial charge is 0.265 e. The van der Waals surface area contributed by atoms with Crippen molar-refractivity contribution in [3.05, 3.63) is 81.3 Å². The first kappa shape index (κ1) is 21.1. The van der Waals surface area contributed by atoms with Gasteiger partial charge in [0.1, 0.15) is 5.82 Å². The van der Waals surface area contributed by atoms with Crippen LogP contribution in [0.3, 0.4) is 0 Å². The number of carbonyl (C=O) groups excluding carboxylic acids is 2. The molecule has 158 valence electrons. The predicted molar refractivity (Wildman–Crippen MR) is 125 cm³/mol. The number of fused-ring (bicyclic) bond motifs is 1. The summed E-state index contributed by atoms with van der Waals surface area (Å²) in [7, 11) is 0. The van der Waals surface area contributed by atoms with E-state index in [2.05, 4.69) is 15.2 Å². The molecule has 0 spiro atoms. The Morgan fingerprint density at radius 1 is 1.13 bits per heavy atom. The normalized spacial score (nSPS) is 12.0. The average molecular weight is 453 g/mol. The van der Waals surface area contributed by atoms with Gasteiger partial charge in [0.25, 0.3) is 11.8 Å². The minimum Gasteiger partial charge on any atom is -0.342 e. The molecule has 0 radical (unpaired) electrons. The van der Waals surface area contributed by atoms with E-state index in [9.17, 15) is 9.59 Å². The van der Waals surface area contributed by atoms with E-state index < -0.39 is 0 Å². The number of halogens is 1. The van der Waals surface area contributed by atoms with Gasteiger partial charge >= 0.3 is 0 Å². The van der Waals surface area contributed by atoms with Gasteiger partial charge in [0.05, 0.1) is 32.7 Å². The van der Waals surface area contributed by atoms with Gasteiger partial charge in [-0.25, -0.2) is 4.98 Å². The van der Waals surface area contributed by atoms with Gasteiger partial charge in [0.2, 0.25) is 0 Å². The van der Waals surface area contributed by atoms with E-state index in [0.29, 0.717) is 21.2 Å². The second kappa shape index (κ2) is 8.91. The fraction of sp³-hybridized carbons (Fsp3) is 0.174. The molecule has 0 aliphatic heterocycles. The van der Waals surface area contributed by atoms with E-state index >= 15 is 0 Å². The molecule has 1 unspecified atom stereocenters. The summed E-state index contributed by atoms with van der Waals surface area (Å²) in [6, 6.07) is 15.9. The molecule has 0 aliphatic carbocycles. The second-order valence-electron chi connectivity index (χ2n) is 7.02. The molecule has 4 aromatic rings. The summed E-state index contributed by atoms with van der Waals surface area (Å²) >= 11 is 7.57. The molecule has 0 aliphatic rings. The van der Waals surface area contributed by atoms with Crippen LogP contribution in [0.15, 0.2) is 60.0 Å². The summed E-state index contributed by atoms with van der Waals surface area (Å²) < 4.78 is 2.09. The lowest BCUT2D eigenvalue weighted by Gasteiger charge is -2.16. The zero-order valence-electron chi connectivity index (χ0n) is 17.1. The van der Waals surface area contributed by atoms with Crippen LogP contribution >= 0.6 is 22.9 Å². The van der Waals surface area contributed by atoms with Gasteiger partial charge in [-0.2, -0.15) is 0 Å². The van der Waals surface area contributed by atoms with Crippen molar-refractivity contribution in [2.24, 2.45) is 0 Å². The first-order valence-corrected chi connectivity index (χ1v) is 11.1. The van der Waals surface area contributed by atoms with E-state index in [1.165, 1.54) is 11.3 Å². The molecule has 1 atom stereocenters. The predicted octanol–water partition coefficient (Wildman–Crippen LogP) is 5.51. The Morgan fingerprint density at radius 3 is 2.68 bits per heavy atom. The standard InChI is InChI=1S/C23H21ClN4O2S/c1-3-28-19-8-5-4-7-17(19)26-21(28)14(2)25-22(29)15-10-11-16(24)18(13-15)27-23(30)20-9-6-12-31-20/h4-14H,3H2,1-2H3,(H,25,29)(H,27,30). The maximum Gasteiger partial charge on any atom is 0.265 e. The number of aromatic nitrogens is 2. The molecule has 4 rings (SSSR count). The Bertz CT molecular complexity index is 1250. The number of imidazole rings is 1. The van der Waals surface area contributed by atoms with Crippen LogP contribution in [0.2, 0.25) is 5.02 Å². The Morgan fingerprint density at radius 2 is 1.94 bits per heavy atom. The van der Waals surface area contributed by atoms with Crippen LogP contribution in [0, 0.1) is 0 Å². The van der Waals surface area contributed by atoms with Crippen LogP contribution in [0.5, 0.6) is 0 Å². The Labute approximate surface area is 188 Å². The van der Waals surface area contributed by atoms with Crippen molar-refractivity contribution >= 4 is 51.5 Å². The van der Waals surface area contributed by atoms with Gasteiger partial charge < -0.3 is 15.2 Å². The number of nitrogens with one attached hydrogen (secondary N) is 2. The fourth-order valence-corrected chi connectivity index (χ4v) is 4.24. The molecular formula is C23H21ClN4O2S. The number of hydrogen-bond acceptors (Lipinski definition) is 4. The van der Waals surface area contributed by atoms with Gasteiger partial charge in [0, 0.05) is 12.1 Å². The third kappa shape index (κ3) is 4.33. The average Bonchev–Trinajstić information content (AvgIpc) is 3.43. The number of nitrogens with zero attached hydrogens (tertiary/aromatic N) is 2. The lowest BCUT2D eigenvalue weighted by atomic mass is 10.1. The molecule has 2 amide bonds. The number of para-hydroxylation sites is 2.